The average molecular weight is 318 g/mol. The van der Waals surface area contributed by atoms with E-state index in [4.69, 9.17) is 0 Å². The standard InChI is InChI=1S/C11H14N2O7S/c1-12(20-11(18)21)7(14)3-2-4-10(17)19-13-8(15)5-6-9(13)16/h2-6H2,1H3,(H,18,21). The van der Waals surface area contributed by atoms with Crippen molar-refractivity contribution in [2.24, 2.45) is 0 Å². The van der Waals surface area contributed by atoms with E-state index in [1.807, 2.05) is 0 Å². The Kier molecular flexibility index (Phi) is 6.15. The molecule has 0 saturated carbocycles. The van der Waals surface area contributed by atoms with Crippen LogP contribution in [0, 0.1) is 0 Å². The number of hydrogen-bond acceptors (Lipinski definition) is 7. The summed E-state index contributed by atoms with van der Waals surface area (Å²) in [4.78, 5) is 64.8. The molecule has 0 N–H and O–H groups in total. The van der Waals surface area contributed by atoms with Crippen molar-refractivity contribution in [2.75, 3.05) is 7.05 Å². The van der Waals surface area contributed by atoms with Crippen molar-refractivity contribution in [1.29, 1.82) is 0 Å². The second-order valence-electron chi connectivity index (χ2n) is 4.15. The molecule has 10 heteroatoms. The van der Waals surface area contributed by atoms with Gasteiger partial charge in [0.15, 0.2) is 0 Å². The first-order valence-corrected chi connectivity index (χ1v) is 6.50. The molecule has 21 heavy (non-hydrogen) atoms. The van der Waals surface area contributed by atoms with Crippen LogP contribution in [0.4, 0.5) is 4.79 Å². The lowest BCUT2D eigenvalue weighted by Gasteiger charge is -2.14. The highest BCUT2D eigenvalue weighted by molar-refractivity contribution is 7.96. The zero-order valence-electron chi connectivity index (χ0n) is 11.2. The van der Waals surface area contributed by atoms with Crippen LogP contribution in [0.2, 0.25) is 0 Å². The summed E-state index contributed by atoms with van der Waals surface area (Å²) in [6.07, 6.45) is -0.0860. The van der Waals surface area contributed by atoms with Crippen molar-refractivity contribution in [1.82, 2.24) is 10.1 Å². The number of hydrogen-bond donors (Lipinski definition) is 1. The summed E-state index contributed by atoms with van der Waals surface area (Å²) < 4.78 is 0. The van der Waals surface area contributed by atoms with Crippen LogP contribution in [0.25, 0.3) is 0 Å². The van der Waals surface area contributed by atoms with Gasteiger partial charge < -0.3 is 9.68 Å². The van der Waals surface area contributed by atoms with Gasteiger partial charge in [0.05, 0.1) is 0 Å². The van der Waals surface area contributed by atoms with E-state index in [2.05, 4.69) is 22.3 Å². The molecule has 1 aliphatic rings. The molecule has 0 atom stereocenters. The predicted molar refractivity (Wildman–Crippen MR) is 69.3 cm³/mol. The maximum Gasteiger partial charge on any atom is 0.388 e. The number of hydroxylamine groups is 4. The lowest BCUT2D eigenvalue weighted by Crippen LogP contribution is -2.32. The fraction of sp³-hybridized carbons (Fsp3) is 0.545. The molecule has 1 heterocycles. The van der Waals surface area contributed by atoms with Gasteiger partial charge >= 0.3 is 11.3 Å². The molecule has 116 valence electrons. The summed E-state index contributed by atoms with van der Waals surface area (Å²) in [6, 6.07) is 0. The molecule has 0 bridgehead atoms. The first kappa shape index (κ1) is 17.0. The number of rotatable bonds is 5. The van der Waals surface area contributed by atoms with Crippen LogP contribution in [0.1, 0.15) is 32.1 Å². The Bertz CT molecular complexity index is 463. The zero-order chi connectivity index (χ0) is 16.0. The Hall–Kier alpha value is -2.10. The lowest BCUT2D eigenvalue weighted by molar-refractivity contribution is -0.197. The minimum absolute atomic E-state index is 0.0183. The van der Waals surface area contributed by atoms with Crippen LogP contribution in [0.5, 0.6) is 0 Å². The lowest BCUT2D eigenvalue weighted by atomic mass is 10.2. The van der Waals surface area contributed by atoms with E-state index in [1.54, 1.807) is 0 Å². The molecule has 1 fully saturated rings. The fourth-order valence-corrected chi connectivity index (χ4v) is 1.64. The topological polar surface area (TPSA) is 110 Å². The Morgan fingerprint density at radius 1 is 1.19 bits per heavy atom. The van der Waals surface area contributed by atoms with Gasteiger partial charge in [-0.3, -0.25) is 14.4 Å². The maximum absolute atomic E-state index is 11.5. The Morgan fingerprint density at radius 3 is 2.29 bits per heavy atom. The van der Waals surface area contributed by atoms with E-state index in [-0.39, 0.29) is 32.1 Å². The molecule has 1 saturated heterocycles. The van der Waals surface area contributed by atoms with E-state index >= 15 is 0 Å². The van der Waals surface area contributed by atoms with Crippen molar-refractivity contribution in [3.05, 3.63) is 0 Å². The van der Waals surface area contributed by atoms with Gasteiger partial charge in [-0.15, -0.1) is 5.06 Å². The van der Waals surface area contributed by atoms with Crippen LogP contribution in [0.15, 0.2) is 0 Å². The molecule has 1 rings (SSSR count). The molecular weight excluding hydrogens is 304 g/mol. The molecular formula is C11H14N2O7S. The molecule has 3 amide bonds. The summed E-state index contributed by atoms with van der Waals surface area (Å²) in [7, 11) is 1.23. The third-order valence-corrected chi connectivity index (χ3v) is 2.62. The number of thiol groups is 1. The van der Waals surface area contributed by atoms with E-state index in [0.29, 0.717) is 10.1 Å². The largest absolute Gasteiger partial charge is 0.388 e. The van der Waals surface area contributed by atoms with Crippen molar-refractivity contribution in [2.45, 2.75) is 32.1 Å². The second-order valence-corrected chi connectivity index (χ2v) is 4.51. The van der Waals surface area contributed by atoms with Crippen molar-refractivity contribution >= 4 is 41.6 Å². The van der Waals surface area contributed by atoms with Gasteiger partial charge in [-0.1, -0.05) is 12.6 Å². The van der Waals surface area contributed by atoms with Crippen LogP contribution < -0.4 is 0 Å². The van der Waals surface area contributed by atoms with Crippen LogP contribution >= 0.6 is 12.6 Å². The molecule has 0 radical (unpaired) electrons. The minimum atomic E-state index is -0.934. The Balaban J connectivity index is 2.27. The first-order chi connectivity index (χ1) is 9.81. The molecule has 9 nitrogen and oxygen atoms in total. The highest BCUT2D eigenvalue weighted by Crippen LogP contribution is 2.13. The van der Waals surface area contributed by atoms with Gasteiger partial charge in [0, 0.05) is 32.7 Å². The number of imide groups is 1. The third-order valence-electron chi connectivity index (χ3n) is 2.54. The maximum atomic E-state index is 11.5. The van der Waals surface area contributed by atoms with Crippen LogP contribution in [0.3, 0.4) is 0 Å². The molecule has 0 aromatic heterocycles. The van der Waals surface area contributed by atoms with Gasteiger partial charge in [-0.05, 0) is 6.42 Å². The summed E-state index contributed by atoms with van der Waals surface area (Å²) >= 11 is 3.34. The smallest absolute Gasteiger partial charge is 0.330 e. The Morgan fingerprint density at radius 2 is 1.76 bits per heavy atom. The quantitative estimate of drug-likeness (QED) is 0.438. The number of carbonyl (C=O) groups is 5. The molecule has 0 aromatic rings. The average Bonchev–Trinajstić information content (AvgIpc) is 2.69. The summed E-state index contributed by atoms with van der Waals surface area (Å²) in [5.74, 6) is -2.45. The van der Waals surface area contributed by atoms with Crippen LogP contribution in [-0.4, -0.2) is 46.2 Å². The Labute approximate surface area is 125 Å². The monoisotopic (exact) mass is 318 g/mol. The SMILES string of the molecule is CN(OC(=O)S)C(=O)CCCC(=O)ON1C(=O)CCC1=O. The van der Waals surface area contributed by atoms with Gasteiger partial charge in [-0.2, -0.15) is 5.06 Å². The molecule has 1 aliphatic heterocycles. The third kappa shape index (κ3) is 5.42. The van der Waals surface area contributed by atoms with Gasteiger partial charge in [0.2, 0.25) is 0 Å². The fourth-order valence-electron chi connectivity index (χ4n) is 1.51. The van der Waals surface area contributed by atoms with E-state index in [1.165, 1.54) is 7.05 Å². The van der Waals surface area contributed by atoms with E-state index in [0.717, 1.165) is 0 Å². The van der Waals surface area contributed by atoms with Gasteiger partial charge in [0.1, 0.15) is 0 Å². The molecule has 0 aromatic carbocycles. The highest BCUT2D eigenvalue weighted by Gasteiger charge is 2.32. The summed E-state index contributed by atoms with van der Waals surface area (Å²) in [5, 5.41) is 0.212. The zero-order valence-corrected chi connectivity index (χ0v) is 12.1. The van der Waals surface area contributed by atoms with Crippen molar-refractivity contribution < 1.29 is 33.6 Å². The van der Waals surface area contributed by atoms with Crippen molar-refractivity contribution in [3.8, 4) is 0 Å². The summed E-state index contributed by atoms with van der Waals surface area (Å²) in [6.45, 7) is 0. The predicted octanol–water partition coefficient (Wildman–Crippen LogP) is 0.204. The van der Waals surface area contributed by atoms with E-state index in [9.17, 15) is 24.0 Å². The molecule has 0 aliphatic carbocycles. The molecule has 0 spiro atoms. The summed E-state index contributed by atoms with van der Waals surface area (Å²) in [5.41, 5.74) is 0. The first-order valence-electron chi connectivity index (χ1n) is 6.05. The van der Waals surface area contributed by atoms with E-state index < -0.39 is 29.0 Å². The normalized spacial score (nSPS) is 14.1. The van der Waals surface area contributed by atoms with Gasteiger partial charge in [-0.25, -0.2) is 9.59 Å². The second kappa shape index (κ2) is 7.62. The number of amides is 3. The number of carbonyl (C=O) groups excluding carboxylic acids is 5. The highest BCUT2D eigenvalue weighted by atomic mass is 32.1. The van der Waals surface area contributed by atoms with Crippen molar-refractivity contribution in [3.63, 3.8) is 0 Å². The molecule has 0 unspecified atom stereocenters. The van der Waals surface area contributed by atoms with Crippen LogP contribution in [-0.2, 0) is 28.9 Å². The van der Waals surface area contributed by atoms with Gasteiger partial charge in [0.25, 0.3) is 17.7 Å². The minimum Gasteiger partial charge on any atom is -0.330 e. The number of nitrogens with zero attached hydrogens (tertiary/aromatic N) is 2.